The molecule has 0 radical (unpaired) electrons. The molecule has 14 heavy (non-hydrogen) atoms. The second-order valence-electron chi connectivity index (χ2n) is 3.24. The van der Waals surface area contributed by atoms with Crippen LogP contribution in [0.15, 0.2) is 24.3 Å². The predicted molar refractivity (Wildman–Crippen MR) is 54.4 cm³/mol. The molecule has 1 rings (SSSR count). The van der Waals surface area contributed by atoms with Crippen LogP contribution in [0.5, 0.6) is 0 Å². The number of halogens is 1. The average molecular weight is 197 g/mol. The summed E-state index contributed by atoms with van der Waals surface area (Å²) in [6.45, 7) is 4.47. The summed E-state index contributed by atoms with van der Waals surface area (Å²) in [4.78, 5) is 0. The number of rotatable bonds is 4. The maximum atomic E-state index is 12.6. The Balaban J connectivity index is 2.68. The van der Waals surface area contributed by atoms with Crippen molar-refractivity contribution in [1.29, 1.82) is 0 Å². The largest absolute Gasteiger partial charge is 0.377 e. The molecular formula is C11H16FNO. The van der Waals surface area contributed by atoms with Gasteiger partial charge in [-0.1, -0.05) is 12.1 Å². The van der Waals surface area contributed by atoms with E-state index in [1.54, 1.807) is 12.1 Å². The first-order chi connectivity index (χ1) is 6.65. The fraction of sp³-hybridized carbons (Fsp3) is 0.455. The van der Waals surface area contributed by atoms with Crippen LogP contribution in [0.1, 0.15) is 25.5 Å². The van der Waals surface area contributed by atoms with Gasteiger partial charge in [0.05, 0.1) is 12.1 Å². The van der Waals surface area contributed by atoms with Gasteiger partial charge in [-0.15, -0.1) is 0 Å². The van der Waals surface area contributed by atoms with E-state index in [-0.39, 0.29) is 18.0 Å². The number of nitrogens with two attached hydrogens (primary N) is 1. The summed E-state index contributed by atoms with van der Waals surface area (Å²) >= 11 is 0. The summed E-state index contributed by atoms with van der Waals surface area (Å²) in [7, 11) is 0. The van der Waals surface area contributed by atoms with Gasteiger partial charge in [-0.05, 0) is 31.5 Å². The van der Waals surface area contributed by atoms with Crippen molar-refractivity contribution in [2.75, 3.05) is 6.61 Å². The lowest BCUT2D eigenvalue weighted by Gasteiger charge is -2.19. The number of benzene rings is 1. The van der Waals surface area contributed by atoms with Gasteiger partial charge in [-0.3, -0.25) is 0 Å². The Bertz CT molecular complexity index is 273. The second kappa shape index (κ2) is 5.08. The monoisotopic (exact) mass is 197 g/mol. The molecule has 2 unspecified atom stereocenters. The van der Waals surface area contributed by atoms with Gasteiger partial charge >= 0.3 is 0 Å². The van der Waals surface area contributed by atoms with E-state index in [0.717, 1.165) is 5.56 Å². The van der Waals surface area contributed by atoms with Gasteiger partial charge < -0.3 is 10.5 Å². The molecule has 0 aliphatic rings. The minimum Gasteiger partial charge on any atom is -0.377 e. The molecule has 2 nitrogen and oxygen atoms in total. The molecule has 0 aliphatic heterocycles. The maximum absolute atomic E-state index is 12.6. The number of hydrogen-bond donors (Lipinski definition) is 1. The normalized spacial score (nSPS) is 15.1. The van der Waals surface area contributed by atoms with Crippen LogP contribution >= 0.6 is 0 Å². The molecule has 0 aliphatic carbocycles. The van der Waals surface area contributed by atoms with Gasteiger partial charge in [-0.2, -0.15) is 0 Å². The standard InChI is InChI=1S/C11H16FNO/c1-3-14-8(2)11(13)9-4-6-10(12)7-5-9/h4-8,11H,3,13H2,1-2H3. The lowest BCUT2D eigenvalue weighted by atomic mass is 10.0. The van der Waals surface area contributed by atoms with Crippen molar-refractivity contribution in [2.24, 2.45) is 5.73 Å². The Kier molecular flexibility index (Phi) is 4.04. The second-order valence-corrected chi connectivity index (χ2v) is 3.24. The van der Waals surface area contributed by atoms with Crippen LogP contribution in [0.3, 0.4) is 0 Å². The highest BCUT2D eigenvalue weighted by molar-refractivity contribution is 5.20. The van der Waals surface area contributed by atoms with Crippen LogP contribution < -0.4 is 5.73 Å². The van der Waals surface area contributed by atoms with Crippen LogP contribution in [0, 0.1) is 5.82 Å². The number of ether oxygens (including phenoxy) is 1. The highest BCUT2D eigenvalue weighted by atomic mass is 19.1. The molecule has 3 heteroatoms. The summed E-state index contributed by atoms with van der Waals surface area (Å²) in [5, 5.41) is 0. The van der Waals surface area contributed by atoms with Crippen molar-refractivity contribution in [2.45, 2.75) is 26.0 Å². The topological polar surface area (TPSA) is 35.2 Å². The van der Waals surface area contributed by atoms with Crippen LogP contribution in [-0.4, -0.2) is 12.7 Å². The summed E-state index contributed by atoms with van der Waals surface area (Å²) < 4.78 is 18.0. The minimum absolute atomic E-state index is 0.0505. The van der Waals surface area contributed by atoms with Crippen LogP contribution in [-0.2, 0) is 4.74 Å². The molecule has 0 saturated carbocycles. The van der Waals surface area contributed by atoms with E-state index in [4.69, 9.17) is 10.5 Å². The third-order valence-electron chi connectivity index (χ3n) is 2.19. The van der Waals surface area contributed by atoms with E-state index in [2.05, 4.69) is 0 Å². The molecule has 0 amide bonds. The minimum atomic E-state index is -0.245. The summed E-state index contributed by atoms with van der Waals surface area (Å²) in [6, 6.07) is 6.00. The van der Waals surface area contributed by atoms with Gasteiger partial charge in [0, 0.05) is 6.61 Å². The zero-order valence-electron chi connectivity index (χ0n) is 8.53. The van der Waals surface area contributed by atoms with Gasteiger partial charge in [0.1, 0.15) is 5.82 Å². The lowest BCUT2D eigenvalue weighted by Crippen LogP contribution is -2.26. The Morgan fingerprint density at radius 3 is 2.43 bits per heavy atom. The van der Waals surface area contributed by atoms with Crippen molar-refractivity contribution < 1.29 is 9.13 Å². The average Bonchev–Trinajstić information content (AvgIpc) is 2.18. The Labute approximate surface area is 83.9 Å². The zero-order chi connectivity index (χ0) is 10.6. The molecule has 0 heterocycles. The fourth-order valence-electron chi connectivity index (χ4n) is 1.32. The molecule has 2 atom stereocenters. The highest BCUT2D eigenvalue weighted by Gasteiger charge is 2.14. The molecule has 2 N–H and O–H groups in total. The first-order valence-electron chi connectivity index (χ1n) is 4.77. The quantitative estimate of drug-likeness (QED) is 0.803. The molecule has 1 aromatic carbocycles. The Morgan fingerprint density at radius 1 is 1.36 bits per heavy atom. The molecule has 0 bridgehead atoms. The molecule has 0 saturated heterocycles. The molecule has 1 aromatic rings. The summed E-state index contributed by atoms with van der Waals surface area (Å²) in [5.41, 5.74) is 6.82. The summed E-state index contributed by atoms with van der Waals surface area (Å²) in [6.07, 6.45) is -0.0505. The maximum Gasteiger partial charge on any atom is 0.123 e. The van der Waals surface area contributed by atoms with Crippen LogP contribution in [0.25, 0.3) is 0 Å². The lowest BCUT2D eigenvalue weighted by molar-refractivity contribution is 0.0574. The Morgan fingerprint density at radius 2 is 1.93 bits per heavy atom. The SMILES string of the molecule is CCOC(C)C(N)c1ccc(F)cc1. The molecule has 0 spiro atoms. The van der Waals surface area contributed by atoms with Crippen molar-refractivity contribution in [3.8, 4) is 0 Å². The summed E-state index contributed by atoms with van der Waals surface area (Å²) in [5.74, 6) is -0.245. The first kappa shape index (κ1) is 11.1. The van der Waals surface area contributed by atoms with Gasteiger partial charge in [0.15, 0.2) is 0 Å². The van der Waals surface area contributed by atoms with Crippen molar-refractivity contribution >= 4 is 0 Å². The van der Waals surface area contributed by atoms with E-state index in [1.165, 1.54) is 12.1 Å². The molecule has 78 valence electrons. The molecular weight excluding hydrogens is 181 g/mol. The van der Waals surface area contributed by atoms with E-state index < -0.39 is 0 Å². The third kappa shape index (κ3) is 2.79. The van der Waals surface area contributed by atoms with Crippen LogP contribution in [0.4, 0.5) is 4.39 Å². The van der Waals surface area contributed by atoms with E-state index in [9.17, 15) is 4.39 Å². The van der Waals surface area contributed by atoms with Gasteiger partial charge in [-0.25, -0.2) is 4.39 Å². The van der Waals surface area contributed by atoms with E-state index in [0.29, 0.717) is 6.61 Å². The third-order valence-corrected chi connectivity index (χ3v) is 2.19. The zero-order valence-corrected chi connectivity index (χ0v) is 8.53. The van der Waals surface area contributed by atoms with Crippen molar-refractivity contribution in [3.05, 3.63) is 35.6 Å². The van der Waals surface area contributed by atoms with Gasteiger partial charge in [0.25, 0.3) is 0 Å². The molecule has 0 fully saturated rings. The van der Waals surface area contributed by atoms with Crippen LogP contribution in [0.2, 0.25) is 0 Å². The van der Waals surface area contributed by atoms with E-state index >= 15 is 0 Å². The van der Waals surface area contributed by atoms with Crippen molar-refractivity contribution in [1.82, 2.24) is 0 Å². The smallest absolute Gasteiger partial charge is 0.123 e. The Hall–Kier alpha value is -0.930. The van der Waals surface area contributed by atoms with Gasteiger partial charge in [0.2, 0.25) is 0 Å². The molecule has 0 aromatic heterocycles. The highest BCUT2D eigenvalue weighted by Crippen LogP contribution is 2.16. The predicted octanol–water partition coefficient (Wildman–Crippen LogP) is 2.25. The fourth-order valence-corrected chi connectivity index (χ4v) is 1.32. The first-order valence-corrected chi connectivity index (χ1v) is 4.77. The van der Waals surface area contributed by atoms with Crippen molar-refractivity contribution in [3.63, 3.8) is 0 Å². The number of hydrogen-bond acceptors (Lipinski definition) is 2. The van der Waals surface area contributed by atoms with E-state index in [1.807, 2.05) is 13.8 Å².